The van der Waals surface area contributed by atoms with Crippen molar-refractivity contribution in [2.75, 3.05) is 18.0 Å². The van der Waals surface area contributed by atoms with E-state index in [0.29, 0.717) is 18.0 Å². The predicted molar refractivity (Wildman–Crippen MR) is 92.9 cm³/mol. The molecule has 1 aromatic rings. The summed E-state index contributed by atoms with van der Waals surface area (Å²) in [7, 11) is 0. The Labute approximate surface area is 151 Å². The quantitative estimate of drug-likeness (QED) is 0.885. The highest BCUT2D eigenvalue weighted by atomic mass is 16.5. The highest BCUT2D eigenvalue weighted by Crippen LogP contribution is 2.42. The Morgan fingerprint density at radius 2 is 2.04 bits per heavy atom. The largest absolute Gasteiger partial charge is 0.480 e. The first-order chi connectivity index (χ1) is 12.5. The van der Waals surface area contributed by atoms with Gasteiger partial charge >= 0.3 is 5.97 Å². The van der Waals surface area contributed by atoms with Crippen molar-refractivity contribution < 1.29 is 24.2 Å². The standard InChI is InChI=1S/C19H22N2O5/c1-11-18(23)20(14-7-2-3-8-15(14)26-11)10-16(22)21-9-12-5-4-6-13(12)17(21)19(24)25/h2-3,7-8,11-13,17H,4-6,9-10H2,1H3,(H,24,25). The van der Waals surface area contributed by atoms with Gasteiger partial charge in [0.1, 0.15) is 18.3 Å². The number of aliphatic carboxylic acids is 1. The van der Waals surface area contributed by atoms with Gasteiger partial charge in [0.15, 0.2) is 6.10 Å². The molecule has 2 amide bonds. The molecule has 0 aromatic heterocycles. The molecule has 1 saturated carbocycles. The van der Waals surface area contributed by atoms with E-state index in [1.807, 2.05) is 6.07 Å². The SMILES string of the molecule is CC1Oc2ccccc2N(CC(=O)N2CC3CCCC3C2C(=O)O)C1=O. The van der Waals surface area contributed by atoms with Crippen LogP contribution in [-0.2, 0) is 14.4 Å². The second-order valence-corrected chi connectivity index (χ2v) is 7.34. The second-order valence-electron chi connectivity index (χ2n) is 7.34. The lowest BCUT2D eigenvalue weighted by atomic mass is 9.94. The zero-order valence-corrected chi connectivity index (χ0v) is 14.6. The van der Waals surface area contributed by atoms with Gasteiger partial charge in [-0.05, 0) is 43.7 Å². The van der Waals surface area contributed by atoms with Crippen molar-refractivity contribution in [2.24, 2.45) is 11.8 Å². The number of carboxylic acids is 1. The van der Waals surface area contributed by atoms with Crippen LogP contribution < -0.4 is 9.64 Å². The number of fused-ring (bicyclic) bond motifs is 2. The Bertz CT molecular complexity index is 764. The van der Waals surface area contributed by atoms with Gasteiger partial charge < -0.3 is 14.7 Å². The Balaban J connectivity index is 1.58. The summed E-state index contributed by atoms with van der Waals surface area (Å²) in [5, 5.41) is 9.64. The molecule has 1 aliphatic carbocycles. The Hall–Kier alpha value is -2.57. The number of anilines is 1. The first kappa shape index (κ1) is 16.9. The number of rotatable bonds is 3. The summed E-state index contributed by atoms with van der Waals surface area (Å²) in [6, 6.07) is 6.31. The fraction of sp³-hybridized carbons (Fsp3) is 0.526. The van der Waals surface area contributed by atoms with E-state index >= 15 is 0 Å². The molecule has 26 heavy (non-hydrogen) atoms. The van der Waals surface area contributed by atoms with Gasteiger partial charge in [0, 0.05) is 6.54 Å². The zero-order valence-electron chi connectivity index (χ0n) is 14.6. The van der Waals surface area contributed by atoms with Crippen molar-refractivity contribution in [3.8, 4) is 5.75 Å². The van der Waals surface area contributed by atoms with Crippen LogP contribution in [0.5, 0.6) is 5.75 Å². The number of para-hydroxylation sites is 2. The summed E-state index contributed by atoms with van der Waals surface area (Å²) in [6.07, 6.45) is 2.16. The molecule has 138 valence electrons. The number of carbonyl (C=O) groups excluding carboxylic acids is 2. The van der Waals surface area contributed by atoms with E-state index in [9.17, 15) is 19.5 Å². The molecule has 0 radical (unpaired) electrons. The number of ether oxygens (including phenoxy) is 1. The molecule has 1 N–H and O–H groups in total. The topological polar surface area (TPSA) is 87.2 Å². The van der Waals surface area contributed by atoms with Crippen molar-refractivity contribution in [2.45, 2.75) is 38.3 Å². The molecule has 2 fully saturated rings. The van der Waals surface area contributed by atoms with Crippen molar-refractivity contribution >= 4 is 23.5 Å². The van der Waals surface area contributed by atoms with Crippen LogP contribution in [-0.4, -0.2) is 53.0 Å². The van der Waals surface area contributed by atoms with Gasteiger partial charge in [0.2, 0.25) is 5.91 Å². The van der Waals surface area contributed by atoms with Crippen LogP contribution in [0.2, 0.25) is 0 Å². The van der Waals surface area contributed by atoms with Gasteiger partial charge in [0.05, 0.1) is 5.69 Å². The molecule has 4 rings (SSSR count). The fourth-order valence-corrected chi connectivity index (χ4v) is 4.63. The summed E-state index contributed by atoms with van der Waals surface area (Å²) >= 11 is 0. The Morgan fingerprint density at radius 3 is 2.81 bits per heavy atom. The summed E-state index contributed by atoms with van der Waals surface area (Å²) < 4.78 is 5.59. The maximum absolute atomic E-state index is 12.9. The minimum Gasteiger partial charge on any atom is -0.480 e. The molecular weight excluding hydrogens is 336 g/mol. The molecule has 7 nitrogen and oxygen atoms in total. The van der Waals surface area contributed by atoms with Gasteiger partial charge in [-0.2, -0.15) is 0 Å². The lowest BCUT2D eigenvalue weighted by Crippen LogP contribution is -2.52. The minimum atomic E-state index is -0.949. The Kier molecular flexibility index (Phi) is 4.09. The summed E-state index contributed by atoms with van der Waals surface area (Å²) in [4.78, 5) is 40.2. The molecule has 0 bridgehead atoms. The first-order valence-electron chi connectivity index (χ1n) is 9.06. The van der Waals surface area contributed by atoms with Crippen LogP contribution in [0.1, 0.15) is 26.2 Å². The summed E-state index contributed by atoms with van der Waals surface area (Å²) in [6.45, 7) is 1.96. The number of likely N-dealkylation sites (tertiary alicyclic amines) is 1. The van der Waals surface area contributed by atoms with Gasteiger partial charge in [0.25, 0.3) is 5.91 Å². The minimum absolute atomic E-state index is 0.0306. The van der Waals surface area contributed by atoms with Crippen molar-refractivity contribution in [1.82, 2.24) is 4.90 Å². The highest BCUT2D eigenvalue weighted by Gasteiger charge is 2.50. The number of carboxylic acid groups (broad SMARTS) is 1. The summed E-state index contributed by atoms with van der Waals surface area (Å²) in [5.41, 5.74) is 0.551. The number of hydrogen-bond donors (Lipinski definition) is 1. The predicted octanol–water partition coefficient (Wildman–Crippen LogP) is 1.51. The second kappa shape index (κ2) is 6.30. The molecule has 7 heteroatoms. The van der Waals surface area contributed by atoms with Crippen molar-refractivity contribution in [1.29, 1.82) is 0 Å². The van der Waals surface area contributed by atoms with Gasteiger partial charge in [-0.1, -0.05) is 18.6 Å². The van der Waals surface area contributed by atoms with Gasteiger partial charge in [-0.3, -0.25) is 14.5 Å². The molecule has 1 saturated heterocycles. The van der Waals surface area contributed by atoms with Gasteiger partial charge in [-0.25, -0.2) is 4.79 Å². The lowest BCUT2D eigenvalue weighted by molar-refractivity contribution is -0.149. The smallest absolute Gasteiger partial charge is 0.326 e. The van der Waals surface area contributed by atoms with Crippen LogP contribution in [0.25, 0.3) is 0 Å². The third-order valence-corrected chi connectivity index (χ3v) is 5.83. The first-order valence-corrected chi connectivity index (χ1v) is 9.06. The van der Waals surface area contributed by atoms with E-state index in [4.69, 9.17) is 4.74 Å². The van der Waals surface area contributed by atoms with Gasteiger partial charge in [-0.15, -0.1) is 0 Å². The number of amides is 2. The monoisotopic (exact) mass is 358 g/mol. The number of carbonyl (C=O) groups is 3. The molecule has 4 atom stereocenters. The van der Waals surface area contributed by atoms with E-state index in [1.54, 1.807) is 25.1 Å². The number of benzene rings is 1. The summed E-state index contributed by atoms with van der Waals surface area (Å²) in [5.74, 6) is -0.711. The van der Waals surface area contributed by atoms with E-state index in [1.165, 1.54) is 9.80 Å². The highest BCUT2D eigenvalue weighted by molar-refractivity contribution is 6.04. The molecule has 3 aliphatic rings. The van der Waals surface area contributed by atoms with Crippen molar-refractivity contribution in [3.05, 3.63) is 24.3 Å². The van der Waals surface area contributed by atoms with E-state index in [2.05, 4.69) is 0 Å². The number of hydrogen-bond acceptors (Lipinski definition) is 4. The number of nitrogens with zero attached hydrogens (tertiary/aromatic N) is 2. The molecule has 4 unspecified atom stereocenters. The van der Waals surface area contributed by atoms with Crippen molar-refractivity contribution in [3.63, 3.8) is 0 Å². The molecule has 2 heterocycles. The Morgan fingerprint density at radius 1 is 1.27 bits per heavy atom. The third-order valence-electron chi connectivity index (χ3n) is 5.83. The van der Waals surface area contributed by atoms with Crippen LogP contribution in [0.3, 0.4) is 0 Å². The van der Waals surface area contributed by atoms with Crippen LogP contribution >= 0.6 is 0 Å². The van der Waals surface area contributed by atoms with E-state index < -0.39 is 18.1 Å². The van der Waals surface area contributed by atoms with Crippen LogP contribution in [0.4, 0.5) is 5.69 Å². The lowest BCUT2D eigenvalue weighted by Gasteiger charge is -2.34. The van der Waals surface area contributed by atoms with E-state index in [-0.39, 0.29) is 30.2 Å². The van der Waals surface area contributed by atoms with E-state index in [0.717, 1.165) is 19.3 Å². The van der Waals surface area contributed by atoms with Crippen LogP contribution in [0, 0.1) is 11.8 Å². The third kappa shape index (κ3) is 2.62. The average Bonchev–Trinajstić information content (AvgIpc) is 3.19. The molecular formula is C19H22N2O5. The molecule has 0 spiro atoms. The zero-order chi connectivity index (χ0) is 18.4. The molecule has 2 aliphatic heterocycles. The fourth-order valence-electron chi connectivity index (χ4n) is 4.63. The molecule has 1 aromatic carbocycles. The maximum Gasteiger partial charge on any atom is 0.326 e. The van der Waals surface area contributed by atoms with Crippen LogP contribution in [0.15, 0.2) is 24.3 Å². The average molecular weight is 358 g/mol. The maximum atomic E-state index is 12.9. The normalized spacial score (nSPS) is 30.0.